The third-order valence-electron chi connectivity index (χ3n) is 3.97. The summed E-state index contributed by atoms with van der Waals surface area (Å²) in [7, 11) is 1.63. The molecule has 0 aromatic heterocycles. The Morgan fingerprint density at radius 2 is 2.18 bits per heavy atom. The zero-order chi connectivity index (χ0) is 15.4. The van der Waals surface area contributed by atoms with E-state index in [4.69, 9.17) is 19.0 Å². The summed E-state index contributed by atoms with van der Waals surface area (Å²) in [6.07, 6.45) is 2.15. The number of para-hydroxylation sites is 1. The molecule has 0 radical (unpaired) electrons. The first kappa shape index (κ1) is 15.3. The van der Waals surface area contributed by atoms with Gasteiger partial charge in [0.05, 0.1) is 6.10 Å². The highest BCUT2D eigenvalue weighted by atomic mass is 16.8. The van der Waals surface area contributed by atoms with Crippen LogP contribution in [-0.2, 0) is 19.1 Å². The van der Waals surface area contributed by atoms with Crippen LogP contribution in [0.2, 0.25) is 0 Å². The van der Waals surface area contributed by atoms with Gasteiger partial charge in [-0.25, -0.2) is 10.3 Å². The maximum absolute atomic E-state index is 12.2. The molecule has 1 N–H and O–H groups in total. The Kier molecular flexibility index (Phi) is 4.92. The maximum Gasteiger partial charge on any atom is 0.284 e. The second-order valence-electron chi connectivity index (χ2n) is 5.48. The minimum absolute atomic E-state index is 0.161. The van der Waals surface area contributed by atoms with Crippen molar-refractivity contribution in [3.05, 3.63) is 29.8 Å². The molecule has 1 aromatic carbocycles. The number of benzene rings is 1. The molecule has 6 heteroatoms. The molecular weight excluding hydrogens is 286 g/mol. The first-order chi connectivity index (χ1) is 10.8. The van der Waals surface area contributed by atoms with Gasteiger partial charge >= 0.3 is 0 Å². The number of carbonyl (C=O) groups is 1. The van der Waals surface area contributed by atoms with Crippen molar-refractivity contribution in [3.8, 4) is 5.75 Å². The molecule has 3 atom stereocenters. The van der Waals surface area contributed by atoms with Gasteiger partial charge in [-0.15, -0.1) is 0 Å². The smallest absolute Gasteiger partial charge is 0.284 e. The van der Waals surface area contributed by atoms with Gasteiger partial charge in [-0.1, -0.05) is 18.2 Å². The first-order valence-electron chi connectivity index (χ1n) is 7.63. The van der Waals surface area contributed by atoms with E-state index in [-0.39, 0.29) is 18.3 Å². The number of hydrogen-bond donors (Lipinski definition) is 1. The van der Waals surface area contributed by atoms with E-state index < -0.39 is 6.10 Å². The number of carbonyl (C=O) groups excluding carboxylic acids is 1. The van der Waals surface area contributed by atoms with Crippen LogP contribution in [-0.4, -0.2) is 32.0 Å². The van der Waals surface area contributed by atoms with Crippen LogP contribution < -0.4 is 10.2 Å². The van der Waals surface area contributed by atoms with Crippen molar-refractivity contribution < 1.29 is 23.8 Å². The van der Waals surface area contributed by atoms with E-state index in [9.17, 15) is 4.79 Å². The lowest BCUT2D eigenvalue weighted by atomic mass is 9.98. The van der Waals surface area contributed by atoms with Crippen molar-refractivity contribution in [2.75, 3.05) is 13.7 Å². The Labute approximate surface area is 129 Å². The van der Waals surface area contributed by atoms with Gasteiger partial charge in [0, 0.05) is 32.1 Å². The van der Waals surface area contributed by atoms with Crippen molar-refractivity contribution >= 4 is 5.91 Å². The molecule has 1 amide bonds. The summed E-state index contributed by atoms with van der Waals surface area (Å²) >= 11 is 0. The first-order valence-corrected chi connectivity index (χ1v) is 7.63. The highest BCUT2D eigenvalue weighted by Gasteiger charge is 2.33. The van der Waals surface area contributed by atoms with E-state index in [1.807, 2.05) is 24.3 Å². The predicted molar refractivity (Wildman–Crippen MR) is 78.0 cm³/mol. The fourth-order valence-electron chi connectivity index (χ4n) is 2.75. The van der Waals surface area contributed by atoms with Crippen LogP contribution in [0.4, 0.5) is 0 Å². The lowest BCUT2D eigenvalue weighted by Gasteiger charge is -2.31. The average Bonchev–Trinajstić information content (AvgIpc) is 2.59. The molecule has 0 spiro atoms. The lowest BCUT2D eigenvalue weighted by Crippen LogP contribution is -2.43. The SMILES string of the molecule is CO[C@@H]1C[C@@H](C(=O)NO[C@@H]2CCCCO2)Oc2ccccc21. The fraction of sp³-hybridized carbons (Fsp3) is 0.562. The summed E-state index contributed by atoms with van der Waals surface area (Å²) in [6.45, 7) is 0.666. The summed E-state index contributed by atoms with van der Waals surface area (Å²) in [6, 6.07) is 7.59. The van der Waals surface area contributed by atoms with Crippen LogP contribution >= 0.6 is 0 Å². The predicted octanol–water partition coefficient (Wildman–Crippen LogP) is 2.10. The molecule has 2 aliphatic heterocycles. The van der Waals surface area contributed by atoms with Crippen molar-refractivity contribution in [1.82, 2.24) is 5.48 Å². The van der Waals surface area contributed by atoms with Crippen LogP contribution in [0.3, 0.4) is 0 Å². The molecule has 0 bridgehead atoms. The van der Waals surface area contributed by atoms with Gasteiger partial charge in [0.1, 0.15) is 5.75 Å². The molecule has 22 heavy (non-hydrogen) atoms. The van der Waals surface area contributed by atoms with Crippen LogP contribution in [0.25, 0.3) is 0 Å². The third-order valence-corrected chi connectivity index (χ3v) is 3.97. The molecule has 1 aromatic rings. The van der Waals surface area contributed by atoms with Gasteiger partial charge in [-0.05, 0) is 18.9 Å². The Morgan fingerprint density at radius 3 is 2.95 bits per heavy atom. The largest absolute Gasteiger partial charge is 0.480 e. The topological polar surface area (TPSA) is 66.0 Å². The number of amides is 1. The van der Waals surface area contributed by atoms with Gasteiger partial charge in [-0.2, -0.15) is 0 Å². The standard InChI is InChI=1S/C16H21NO5/c1-19-13-10-14(21-12-7-3-2-6-11(12)13)16(18)17-22-15-8-4-5-9-20-15/h2-3,6-7,13-15H,4-5,8-10H2,1H3,(H,17,18)/t13-,14+,15-/m1/s1. The highest BCUT2D eigenvalue weighted by molar-refractivity contribution is 5.80. The Morgan fingerprint density at radius 1 is 1.32 bits per heavy atom. The van der Waals surface area contributed by atoms with Crippen LogP contribution in [0, 0.1) is 0 Å². The quantitative estimate of drug-likeness (QED) is 0.863. The van der Waals surface area contributed by atoms with Gasteiger partial charge in [-0.3, -0.25) is 4.79 Å². The molecule has 1 saturated heterocycles. The third kappa shape index (κ3) is 3.40. The van der Waals surface area contributed by atoms with Crippen molar-refractivity contribution in [2.24, 2.45) is 0 Å². The molecule has 3 rings (SSSR count). The molecule has 0 aliphatic carbocycles. The molecule has 6 nitrogen and oxygen atoms in total. The van der Waals surface area contributed by atoms with Gasteiger partial charge in [0.2, 0.25) is 0 Å². The van der Waals surface area contributed by atoms with E-state index in [1.54, 1.807) is 7.11 Å². The maximum atomic E-state index is 12.2. The van der Waals surface area contributed by atoms with Crippen molar-refractivity contribution in [1.29, 1.82) is 0 Å². The molecule has 0 saturated carbocycles. The molecule has 120 valence electrons. The minimum atomic E-state index is -0.636. The molecule has 2 aliphatic rings. The number of fused-ring (bicyclic) bond motifs is 1. The summed E-state index contributed by atoms with van der Waals surface area (Å²) in [4.78, 5) is 17.6. The number of ether oxygens (including phenoxy) is 3. The van der Waals surface area contributed by atoms with E-state index >= 15 is 0 Å². The second kappa shape index (κ2) is 7.09. The summed E-state index contributed by atoms with van der Waals surface area (Å²) in [5.74, 6) is 0.361. The van der Waals surface area contributed by atoms with E-state index in [1.165, 1.54) is 0 Å². The highest BCUT2D eigenvalue weighted by Crippen LogP contribution is 2.36. The van der Waals surface area contributed by atoms with Crippen LogP contribution in [0.15, 0.2) is 24.3 Å². The van der Waals surface area contributed by atoms with Crippen LogP contribution in [0.1, 0.15) is 37.4 Å². The summed E-state index contributed by atoms with van der Waals surface area (Å²) in [5.41, 5.74) is 3.42. The van der Waals surface area contributed by atoms with E-state index in [0.717, 1.165) is 24.8 Å². The zero-order valence-electron chi connectivity index (χ0n) is 12.6. The summed E-state index contributed by atoms with van der Waals surface area (Å²) < 4.78 is 16.6. The lowest BCUT2D eigenvalue weighted by molar-refractivity contribution is -0.204. The van der Waals surface area contributed by atoms with E-state index in [2.05, 4.69) is 5.48 Å². The monoisotopic (exact) mass is 307 g/mol. The molecule has 1 fully saturated rings. The van der Waals surface area contributed by atoms with Gasteiger partial charge in [0.25, 0.3) is 5.91 Å². The number of hydroxylamine groups is 1. The number of hydrogen-bond acceptors (Lipinski definition) is 5. The van der Waals surface area contributed by atoms with Crippen molar-refractivity contribution in [3.63, 3.8) is 0 Å². The molecule has 0 unspecified atom stereocenters. The van der Waals surface area contributed by atoms with Crippen molar-refractivity contribution in [2.45, 2.75) is 44.2 Å². The van der Waals surface area contributed by atoms with Crippen LogP contribution in [0.5, 0.6) is 5.75 Å². The molecular formula is C16H21NO5. The minimum Gasteiger partial charge on any atom is -0.480 e. The number of rotatable bonds is 4. The number of nitrogens with one attached hydrogen (secondary N) is 1. The zero-order valence-corrected chi connectivity index (χ0v) is 12.6. The second-order valence-corrected chi connectivity index (χ2v) is 5.48. The average molecular weight is 307 g/mol. The number of methoxy groups -OCH3 is 1. The fourth-order valence-corrected chi connectivity index (χ4v) is 2.75. The Balaban J connectivity index is 1.59. The van der Waals surface area contributed by atoms with E-state index in [0.29, 0.717) is 18.8 Å². The van der Waals surface area contributed by atoms with Gasteiger partial charge < -0.3 is 14.2 Å². The van der Waals surface area contributed by atoms with Gasteiger partial charge in [0.15, 0.2) is 12.4 Å². The Bertz CT molecular complexity index is 515. The Hall–Kier alpha value is -1.63. The normalized spacial score (nSPS) is 27.6. The summed E-state index contributed by atoms with van der Waals surface area (Å²) in [5, 5.41) is 0. The molecule has 2 heterocycles.